The maximum atomic E-state index is 6.01. The molecule has 0 fully saturated rings. The quantitative estimate of drug-likeness (QED) is 0.675. The molecule has 22 heavy (non-hydrogen) atoms. The molecule has 110 valence electrons. The number of ether oxygens (including phenoxy) is 1. The van der Waals surface area contributed by atoms with Crippen molar-refractivity contribution in [3.63, 3.8) is 0 Å². The topological polar surface area (TPSA) is 12.5 Å². The molecule has 0 radical (unpaired) electrons. The van der Waals surface area contributed by atoms with Crippen LogP contribution in [0.15, 0.2) is 66.7 Å². The average molecular weight is 289 g/mol. The molecular formula is C20H19NO. The van der Waals surface area contributed by atoms with Gasteiger partial charge in [-0.3, -0.25) is 4.90 Å². The molecule has 2 nitrogen and oxygen atoms in total. The summed E-state index contributed by atoms with van der Waals surface area (Å²) in [6.07, 6.45) is 0. The van der Waals surface area contributed by atoms with Gasteiger partial charge in [-0.25, -0.2) is 0 Å². The highest BCUT2D eigenvalue weighted by molar-refractivity contribution is 5.87. The van der Waals surface area contributed by atoms with Gasteiger partial charge in [-0.2, -0.15) is 0 Å². The summed E-state index contributed by atoms with van der Waals surface area (Å²) in [5.74, 6) is 1.02. The summed E-state index contributed by atoms with van der Waals surface area (Å²) < 4.78 is 6.01. The van der Waals surface area contributed by atoms with Gasteiger partial charge in [0, 0.05) is 18.2 Å². The second kappa shape index (κ2) is 5.47. The van der Waals surface area contributed by atoms with E-state index in [0.29, 0.717) is 12.8 Å². The van der Waals surface area contributed by atoms with Crippen LogP contribution in [-0.4, -0.2) is 11.6 Å². The van der Waals surface area contributed by atoms with E-state index < -0.39 is 0 Å². The predicted molar refractivity (Wildman–Crippen MR) is 89.8 cm³/mol. The molecule has 1 atom stereocenters. The van der Waals surface area contributed by atoms with Gasteiger partial charge in [0.1, 0.15) is 12.5 Å². The Hall–Kier alpha value is -2.32. The second-order valence-electron chi connectivity index (χ2n) is 5.87. The van der Waals surface area contributed by atoms with E-state index in [2.05, 4.69) is 78.6 Å². The van der Waals surface area contributed by atoms with Crippen molar-refractivity contribution in [2.24, 2.45) is 0 Å². The highest BCUT2D eigenvalue weighted by atomic mass is 16.5. The van der Waals surface area contributed by atoms with Gasteiger partial charge < -0.3 is 4.74 Å². The van der Waals surface area contributed by atoms with Crippen LogP contribution < -0.4 is 4.74 Å². The fourth-order valence-corrected chi connectivity index (χ4v) is 3.21. The molecule has 1 aliphatic heterocycles. The minimum atomic E-state index is 0.341. The third-order valence-corrected chi connectivity index (χ3v) is 4.57. The van der Waals surface area contributed by atoms with Crippen molar-refractivity contribution in [2.75, 3.05) is 6.73 Å². The number of hydrogen-bond donors (Lipinski definition) is 0. The summed E-state index contributed by atoms with van der Waals surface area (Å²) in [4.78, 5) is 2.38. The SMILES string of the molecule is CC(c1ccccc1)N1COc2ccc3ccccc3c2C1. The lowest BCUT2D eigenvalue weighted by atomic mass is 10.0. The van der Waals surface area contributed by atoms with Crippen molar-refractivity contribution >= 4 is 10.8 Å². The van der Waals surface area contributed by atoms with Gasteiger partial charge in [0.2, 0.25) is 0 Å². The Bertz CT molecular complexity index is 797. The molecule has 1 aliphatic rings. The normalized spacial score (nSPS) is 16.0. The molecule has 3 aromatic carbocycles. The summed E-state index contributed by atoms with van der Waals surface area (Å²) in [5, 5.41) is 2.57. The largest absolute Gasteiger partial charge is 0.478 e. The van der Waals surface area contributed by atoms with Crippen LogP contribution in [-0.2, 0) is 6.54 Å². The van der Waals surface area contributed by atoms with E-state index in [-0.39, 0.29) is 0 Å². The predicted octanol–water partition coefficient (Wildman–Crippen LogP) is 4.75. The van der Waals surface area contributed by atoms with Crippen LogP contribution in [0.4, 0.5) is 0 Å². The number of benzene rings is 3. The first-order chi connectivity index (χ1) is 10.8. The van der Waals surface area contributed by atoms with E-state index >= 15 is 0 Å². The van der Waals surface area contributed by atoms with Crippen LogP contribution in [0, 0.1) is 0 Å². The van der Waals surface area contributed by atoms with Crippen LogP contribution >= 0.6 is 0 Å². The Balaban J connectivity index is 1.70. The molecule has 4 rings (SSSR count). The van der Waals surface area contributed by atoms with E-state index in [9.17, 15) is 0 Å². The second-order valence-corrected chi connectivity index (χ2v) is 5.87. The van der Waals surface area contributed by atoms with E-state index in [1.165, 1.54) is 21.9 Å². The van der Waals surface area contributed by atoms with Crippen molar-refractivity contribution in [2.45, 2.75) is 19.5 Å². The summed E-state index contributed by atoms with van der Waals surface area (Å²) >= 11 is 0. The van der Waals surface area contributed by atoms with Crippen LogP contribution in [0.5, 0.6) is 5.75 Å². The lowest BCUT2D eigenvalue weighted by Gasteiger charge is -2.34. The zero-order chi connectivity index (χ0) is 14.9. The lowest BCUT2D eigenvalue weighted by Crippen LogP contribution is -2.34. The minimum absolute atomic E-state index is 0.341. The average Bonchev–Trinajstić information content (AvgIpc) is 2.61. The Kier molecular flexibility index (Phi) is 3.32. The van der Waals surface area contributed by atoms with Crippen LogP contribution in [0.3, 0.4) is 0 Å². The van der Waals surface area contributed by atoms with Crippen molar-refractivity contribution in [1.29, 1.82) is 0 Å². The molecule has 2 heteroatoms. The van der Waals surface area contributed by atoms with Gasteiger partial charge in [-0.1, -0.05) is 60.7 Å². The molecule has 0 aromatic heterocycles. The first-order valence-electron chi connectivity index (χ1n) is 7.75. The van der Waals surface area contributed by atoms with E-state index in [0.717, 1.165) is 12.3 Å². The summed E-state index contributed by atoms with van der Waals surface area (Å²) in [6.45, 7) is 3.81. The van der Waals surface area contributed by atoms with Crippen molar-refractivity contribution < 1.29 is 4.74 Å². The van der Waals surface area contributed by atoms with Crippen molar-refractivity contribution in [3.8, 4) is 5.75 Å². The third kappa shape index (κ3) is 2.26. The van der Waals surface area contributed by atoms with E-state index in [1.54, 1.807) is 0 Å². The molecule has 0 N–H and O–H groups in total. The van der Waals surface area contributed by atoms with Gasteiger partial charge in [-0.05, 0) is 29.3 Å². The highest BCUT2D eigenvalue weighted by Crippen LogP contribution is 2.35. The highest BCUT2D eigenvalue weighted by Gasteiger charge is 2.23. The van der Waals surface area contributed by atoms with Gasteiger partial charge in [0.15, 0.2) is 0 Å². The fourth-order valence-electron chi connectivity index (χ4n) is 3.21. The molecular weight excluding hydrogens is 270 g/mol. The number of fused-ring (bicyclic) bond motifs is 3. The van der Waals surface area contributed by atoms with Crippen molar-refractivity contribution in [1.82, 2.24) is 4.90 Å². The Morgan fingerprint density at radius 3 is 2.55 bits per heavy atom. The van der Waals surface area contributed by atoms with Gasteiger partial charge in [0.25, 0.3) is 0 Å². The van der Waals surface area contributed by atoms with E-state index in [1.807, 2.05) is 0 Å². The van der Waals surface area contributed by atoms with Crippen LogP contribution in [0.1, 0.15) is 24.1 Å². The first-order valence-corrected chi connectivity index (χ1v) is 7.75. The van der Waals surface area contributed by atoms with Gasteiger partial charge in [0.05, 0.1) is 0 Å². The maximum absolute atomic E-state index is 6.01. The lowest BCUT2D eigenvalue weighted by molar-refractivity contribution is 0.0626. The Morgan fingerprint density at radius 1 is 0.909 bits per heavy atom. The molecule has 0 bridgehead atoms. The third-order valence-electron chi connectivity index (χ3n) is 4.57. The molecule has 0 saturated carbocycles. The smallest absolute Gasteiger partial charge is 0.142 e. The summed E-state index contributed by atoms with van der Waals surface area (Å²) in [5.41, 5.74) is 2.63. The zero-order valence-corrected chi connectivity index (χ0v) is 12.7. The Morgan fingerprint density at radius 2 is 1.68 bits per heavy atom. The molecule has 1 unspecified atom stereocenters. The van der Waals surface area contributed by atoms with Crippen LogP contribution in [0.25, 0.3) is 10.8 Å². The summed E-state index contributed by atoms with van der Waals surface area (Å²) in [7, 11) is 0. The summed E-state index contributed by atoms with van der Waals surface area (Å²) in [6, 6.07) is 23.7. The number of hydrogen-bond acceptors (Lipinski definition) is 2. The van der Waals surface area contributed by atoms with Gasteiger partial charge in [-0.15, -0.1) is 0 Å². The standard InChI is InChI=1S/C20H19NO/c1-15(16-7-3-2-4-8-16)21-13-19-18-10-6-5-9-17(18)11-12-20(19)22-14-21/h2-12,15H,13-14H2,1H3. The number of nitrogens with zero attached hydrogens (tertiary/aromatic N) is 1. The molecule has 1 heterocycles. The van der Waals surface area contributed by atoms with Crippen LogP contribution in [0.2, 0.25) is 0 Å². The van der Waals surface area contributed by atoms with E-state index in [4.69, 9.17) is 4.74 Å². The zero-order valence-electron chi connectivity index (χ0n) is 12.7. The monoisotopic (exact) mass is 289 g/mol. The molecule has 0 spiro atoms. The number of rotatable bonds is 2. The first kappa shape index (κ1) is 13.4. The fraction of sp³-hybridized carbons (Fsp3) is 0.200. The maximum Gasteiger partial charge on any atom is 0.142 e. The molecule has 0 aliphatic carbocycles. The Labute approximate surface area is 130 Å². The van der Waals surface area contributed by atoms with Crippen molar-refractivity contribution in [3.05, 3.63) is 77.9 Å². The molecule has 0 amide bonds. The minimum Gasteiger partial charge on any atom is -0.478 e. The van der Waals surface area contributed by atoms with Gasteiger partial charge >= 0.3 is 0 Å². The molecule has 3 aromatic rings. The molecule has 0 saturated heterocycles.